The maximum Gasteiger partial charge on any atom is 0.0794 e. The molecule has 0 saturated heterocycles. The lowest BCUT2D eigenvalue weighted by Gasteiger charge is -2.07. The first kappa shape index (κ1) is 13.6. The van der Waals surface area contributed by atoms with Gasteiger partial charge in [0.1, 0.15) is 0 Å². The van der Waals surface area contributed by atoms with Crippen LogP contribution in [0.5, 0.6) is 0 Å². The second-order valence-electron chi connectivity index (χ2n) is 3.88. The van der Waals surface area contributed by atoms with Gasteiger partial charge in [-0.25, -0.2) is 4.98 Å². The van der Waals surface area contributed by atoms with Crippen molar-refractivity contribution >= 4 is 40.2 Å². The Bertz CT molecular complexity index is 491. The molecular weight excluding hydrogens is 289 g/mol. The maximum atomic E-state index is 5.97. The molecule has 2 rings (SSSR count). The van der Waals surface area contributed by atoms with Gasteiger partial charge in [0.2, 0.25) is 0 Å². The maximum absolute atomic E-state index is 5.97. The summed E-state index contributed by atoms with van der Waals surface area (Å²) in [6.07, 6.45) is 0.917. The van der Waals surface area contributed by atoms with E-state index in [9.17, 15) is 0 Å². The third-order valence-corrected chi connectivity index (χ3v) is 3.77. The van der Waals surface area contributed by atoms with E-state index in [2.05, 4.69) is 15.7 Å². The van der Waals surface area contributed by atoms with Gasteiger partial charge in [-0.15, -0.1) is 11.3 Å². The quantitative estimate of drug-likeness (QED) is 0.658. The Labute approximate surface area is 120 Å². The van der Waals surface area contributed by atoms with Crippen LogP contribution >= 0.6 is 34.5 Å². The van der Waals surface area contributed by atoms with Gasteiger partial charge in [0.15, 0.2) is 0 Å². The summed E-state index contributed by atoms with van der Waals surface area (Å²) in [4.78, 5) is 4.22. The molecule has 0 aliphatic rings. The monoisotopic (exact) mass is 301 g/mol. The molecule has 0 radical (unpaired) electrons. The van der Waals surface area contributed by atoms with Gasteiger partial charge in [-0.05, 0) is 17.7 Å². The van der Waals surface area contributed by atoms with E-state index in [1.807, 2.05) is 17.6 Å². The van der Waals surface area contributed by atoms with Crippen molar-refractivity contribution in [2.75, 3.05) is 12.3 Å². The molecule has 0 bridgehead atoms. The Morgan fingerprint density at radius 1 is 1.28 bits per heavy atom. The molecule has 0 saturated carbocycles. The molecule has 0 aliphatic heterocycles. The number of nitrogens with one attached hydrogen (secondary N) is 1. The van der Waals surface area contributed by atoms with Crippen LogP contribution in [0, 0.1) is 0 Å². The van der Waals surface area contributed by atoms with Crippen molar-refractivity contribution in [2.45, 2.75) is 13.0 Å². The number of nitrogens with two attached hydrogens (primary N) is 1. The van der Waals surface area contributed by atoms with Gasteiger partial charge in [-0.2, -0.15) is 0 Å². The highest BCUT2D eigenvalue weighted by Crippen LogP contribution is 2.28. The van der Waals surface area contributed by atoms with E-state index in [0.717, 1.165) is 24.2 Å². The van der Waals surface area contributed by atoms with Crippen molar-refractivity contribution in [3.8, 4) is 0 Å². The molecule has 6 heteroatoms. The minimum atomic E-state index is 0.435. The van der Waals surface area contributed by atoms with Crippen molar-refractivity contribution in [1.82, 2.24) is 10.3 Å². The standard InChI is InChI=1S/C12H13Cl2N3S/c13-10-3-8(4-11(14)12(10)15)5-16-2-1-9-6-18-7-17-9/h3-4,6-7,16H,1-2,5,15H2. The molecule has 2 aromatic rings. The fourth-order valence-corrected chi connectivity index (χ4v) is 2.67. The molecule has 0 aliphatic carbocycles. The van der Waals surface area contributed by atoms with Crippen LogP contribution in [0.2, 0.25) is 10.0 Å². The summed E-state index contributed by atoms with van der Waals surface area (Å²) in [5.41, 5.74) is 10.1. The molecular formula is C12H13Cl2N3S. The van der Waals surface area contributed by atoms with Crippen molar-refractivity contribution in [2.24, 2.45) is 0 Å². The Morgan fingerprint density at radius 2 is 2.00 bits per heavy atom. The molecule has 0 amide bonds. The van der Waals surface area contributed by atoms with Gasteiger partial charge in [0.05, 0.1) is 26.9 Å². The molecule has 1 heterocycles. The number of anilines is 1. The molecule has 1 aromatic heterocycles. The van der Waals surface area contributed by atoms with Crippen LogP contribution in [0.4, 0.5) is 5.69 Å². The number of hydrogen-bond acceptors (Lipinski definition) is 4. The lowest BCUT2D eigenvalue weighted by molar-refractivity contribution is 0.681. The van der Waals surface area contributed by atoms with Gasteiger partial charge < -0.3 is 11.1 Å². The Balaban J connectivity index is 1.83. The topological polar surface area (TPSA) is 50.9 Å². The average molecular weight is 302 g/mol. The van der Waals surface area contributed by atoms with Gasteiger partial charge in [0.25, 0.3) is 0 Å². The number of nitrogen functional groups attached to an aromatic ring is 1. The van der Waals surface area contributed by atoms with Crippen LogP contribution in [0.3, 0.4) is 0 Å². The van der Waals surface area contributed by atoms with Crippen LogP contribution in [-0.2, 0) is 13.0 Å². The molecule has 1 aromatic carbocycles. The number of benzene rings is 1. The van der Waals surface area contributed by atoms with Gasteiger partial charge >= 0.3 is 0 Å². The van der Waals surface area contributed by atoms with Crippen molar-refractivity contribution in [3.63, 3.8) is 0 Å². The Morgan fingerprint density at radius 3 is 2.61 bits per heavy atom. The Hall–Kier alpha value is -0.810. The fourth-order valence-electron chi connectivity index (χ4n) is 1.55. The van der Waals surface area contributed by atoms with E-state index in [4.69, 9.17) is 28.9 Å². The highest BCUT2D eigenvalue weighted by molar-refractivity contribution is 7.07. The summed E-state index contributed by atoms with van der Waals surface area (Å²) in [5, 5.41) is 6.37. The Kier molecular flexibility index (Phi) is 4.83. The number of halogens is 2. The molecule has 18 heavy (non-hydrogen) atoms. The van der Waals surface area contributed by atoms with E-state index in [1.54, 1.807) is 11.3 Å². The van der Waals surface area contributed by atoms with Crippen LogP contribution < -0.4 is 11.1 Å². The van der Waals surface area contributed by atoms with Crippen molar-refractivity contribution in [3.05, 3.63) is 44.3 Å². The number of nitrogens with zero attached hydrogens (tertiary/aromatic N) is 1. The van der Waals surface area contributed by atoms with E-state index >= 15 is 0 Å². The summed E-state index contributed by atoms with van der Waals surface area (Å²) in [6, 6.07) is 3.66. The average Bonchev–Trinajstić information content (AvgIpc) is 2.84. The van der Waals surface area contributed by atoms with Crippen LogP contribution in [0.1, 0.15) is 11.3 Å². The summed E-state index contributed by atoms with van der Waals surface area (Å²) in [6.45, 7) is 1.58. The third-order valence-electron chi connectivity index (χ3n) is 2.51. The van der Waals surface area contributed by atoms with Crippen LogP contribution in [0.25, 0.3) is 0 Å². The smallest absolute Gasteiger partial charge is 0.0794 e. The van der Waals surface area contributed by atoms with Gasteiger partial charge in [-0.1, -0.05) is 23.2 Å². The van der Waals surface area contributed by atoms with Crippen molar-refractivity contribution < 1.29 is 0 Å². The highest BCUT2D eigenvalue weighted by atomic mass is 35.5. The van der Waals surface area contributed by atoms with Gasteiger partial charge in [0, 0.05) is 24.9 Å². The van der Waals surface area contributed by atoms with E-state index in [-0.39, 0.29) is 0 Å². The first-order valence-electron chi connectivity index (χ1n) is 5.48. The lowest BCUT2D eigenvalue weighted by Crippen LogP contribution is -2.16. The number of hydrogen-bond donors (Lipinski definition) is 2. The first-order chi connectivity index (χ1) is 8.66. The summed E-state index contributed by atoms with van der Waals surface area (Å²) in [5.74, 6) is 0. The fraction of sp³-hybridized carbons (Fsp3) is 0.250. The molecule has 0 atom stereocenters. The van der Waals surface area contributed by atoms with E-state index < -0.39 is 0 Å². The number of aromatic nitrogens is 1. The normalized spacial score (nSPS) is 10.8. The van der Waals surface area contributed by atoms with Gasteiger partial charge in [-0.3, -0.25) is 0 Å². The summed E-state index contributed by atoms with van der Waals surface area (Å²) >= 11 is 13.5. The minimum absolute atomic E-state index is 0.435. The molecule has 3 N–H and O–H groups in total. The van der Waals surface area contributed by atoms with Crippen LogP contribution in [-0.4, -0.2) is 11.5 Å². The zero-order chi connectivity index (χ0) is 13.0. The lowest BCUT2D eigenvalue weighted by atomic mass is 10.2. The third kappa shape index (κ3) is 3.59. The summed E-state index contributed by atoms with van der Waals surface area (Å²) < 4.78 is 0. The molecule has 0 unspecified atom stereocenters. The second-order valence-corrected chi connectivity index (χ2v) is 5.41. The molecule has 0 spiro atoms. The predicted octanol–water partition coefficient (Wildman–Crippen LogP) is 3.36. The predicted molar refractivity (Wildman–Crippen MR) is 78.4 cm³/mol. The van der Waals surface area contributed by atoms with E-state index in [0.29, 0.717) is 22.3 Å². The second kappa shape index (κ2) is 6.38. The molecule has 96 valence electrons. The molecule has 0 fully saturated rings. The van der Waals surface area contributed by atoms with Crippen LogP contribution in [0.15, 0.2) is 23.0 Å². The first-order valence-corrected chi connectivity index (χ1v) is 7.18. The number of rotatable bonds is 5. The minimum Gasteiger partial charge on any atom is -0.396 e. The number of thiazole rings is 1. The highest BCUT2D eigenvalue weighted by Gasteiger charge is 2.04. The van der Waals surface area contributed by atoms with Crippen molar-refractivity contribution in [1.29, 1.82) is 0 Å². The molecule has 3 nitrogen and oxygen atoms in total. The zero-order valence-corrected chi connectivity index (χ0v) is 11.9. The largest absolute Gasteiger partial charge is 0.396 e. The summed E-state index contributed by atoms with van der Waals surface area (Å²) in [7, 11) is 0. The SMILES string of the molecule is Nc1c(Cl)cc(CNCCc2cscn2)cc1Cl. The zero-order valence-electron chi connectivity index (χ0n) is 9.62. The van der Waals surface area contributed by atoms with E-state index in [1.165, 1.54) is 0 Å².